The molecular weight excluding hydrogens is 812 g/mol. The maximum atomic E-state index is 7.22. The van der Waals surface area contributed by atoms with Gasteiger partial charge in [0.15, 0.2) is 5.58 Å². The van der Waals surface area contributed by atoms with Gasteiger partial charge in [0, 0.05) is 50.0 Å². The predicted molar refractivity (Wildman–Crippen MR) is 287 cm³/mol. The van der Waals surface area contributed by atoms with Gasteiger partial charge in [0.1, 0.15) is 5.58 Å². The lowest BCUT2D eigenvalue weighted by molar-refractivity contribution is 0.332. The van der Waals surface area contributed by atoms with Crippen molar-refractivity contribution in [2.45, 2.75) is 137 Å². The highest BCUT2D eigenvalue weighted by Crippen LogP contribution is 2.55. The minimum absolute atomic E-state index is 0.00802. The van der Waals surface area contributed by atoms with E-state index in [1.165, 1.54) is 119 Å². The van der Waals surface area contributed by atoms with Crippen LogP contribution in [0, 0.1) is 20.8 Å². The first-order valence-corrected chi connectivity index (χ1v) is 24.8. The molecule has 0 bridgehead atoms. The number of nitrogens with zero attached hydrogens (tertiary/aromatic N) is 2. The van der Waals surface area contributed by atoms with E-state index in [4.69, 9.17) is 4.42 Å². The molecule has 0 spiro atoms. The molecule has 8 aromatic rings. The molecule has 67 heavy (non-hydrogen) atoms. The van der Waals surface area contributed by atoms with E-state index in [1.807, 2.05) is 0 Å². The van der Waals surface area contributed by atoms with Gasteiger partial charge >= 0.3 is 0 Å². The van der Waals surface area contributed by atoms with Gasteiger partial charge in [0.2, 0.25) is 0 Å². The Balaban J connectivity index is 1.23. The third-order valence-electron chi connectivity index (χ3n) is 17.2. The first-order valence-electron chi connectivity index (χ1n) is 24.8. The lowest BCUT2D eigenvalue weighted by Gasteiger charge is -2.48. The largest absolute Gasteiger partial charge is 0.454 e. The monoisotopic (exact) mass is 877 g/mol. The molecule has 3 nitrogen and oxygen atoms in total. The standard InChI is InChI=1S/C63H65BN2O/c1-36-29-53-56-54(30-36)66(50-22-18-15-19-37(50)2)57-48(25-24-40-41-32-39(59(4,5)6)23-26-55(41)67-58(40)57)64(56)49-33-46-47(63(13,14)43-21-17-16-20-42(43)62(46,11)12)35-52(49)65(53)51-34-45-44(31-38(51)3)60(7,8)27-28-61(45,9)10/h15-26,29-35H,27-28H2,1-14H3. The Hall–Kier alpha value is -6.00. The third kappa shape index (κ3) is 5.77. The lowest BCUT2D eigenvalue weighted by Crippen LogP contribution is -2.62. The average molecular weight is 877 g/mol. The first kappa shape index (κ1) is 42.4. The number of hydrogen-bond acceptors (Lipinski definition) is 3. The van der Waals surface area contributed by atoms with Crippen molar-refractivity contribution in [2.75, 3.05) is 9.80 Å². The number of benzene rings is 7. The van der Waals surface area contributed by atoms with Gasteiger partial charge in [-0.2, -0.15) is 0 Å². The molecule has 0 N–H and O–H groups in total. The SMILES string of the molecule is Cc1cc2c3c(c1)N(c1ccccc1C)c1c(ccc4c1oc1ccc(C(C)(C)C)cc14)B3c1cc3c(cc1N2c1cc2c(cc1C)C(C)(C)CCC2(C)C)C(C)(C)c1ccccc1C3(C)C. The van der Waals surface area contributed by atoms with Crippen molar-refractivity contribution in [2.24, 2.45) is 0 Å². The molecule has 0 saturated heterocycles. The quantitative estimate of drug-likeness (QED) is 0.161. The second kappa shape index (κ2) is 13.6. The van der Waals surface area contributed by atoms with Crippen molar-refractivity contribution in [3.8, 4) is 0 Å². The Morgan fingerprint density at radius 2 is 1.09 bits per heavy atom. The second-order valence-corrected chi connectivity index (χ2v) is 24.3. The van der Waals surface area contributed by atoms with E-state index in [0.717, 1.165) is 22.2 Å². The second-order valence-electron chi connectivity index (χ2n) is 24.3. The fourth-order valence-corrected chi connectivity index (χ4v) is 13.1. The summed E-state index contributed by atoms with van der Waals surface area (Å²) in [7, 11) is 0. The zero-order chi connectivity index (χ0) is 47.1. The Bertz CT molecular complexity index is 3460. The molecule has 2 aliphatic heterocycles. The Morgan fingerprint density at radius 3 is 1.75 bits per heavy atom. The maximum Gasteiger partial charge on any atom is 0.252 e. The van der Waals surface area contributed by atoms with Crippen LogP contribution in [0.15, 0.2) is 120 Å². The average Bonchev–Trinajstić information content (AvgIpc) is 3.65. The van der Waals surface area contributed by atoms with Gasteiger partial charge in [-0.3, -0.25) is 0 Å². The number of rotatable bonds is 2. The van der Waals surface area contributed by atoms with Crippen LogP contribution in [0.4, 0.5) is 34.1 Å². The van der Waals surface area contributed by atoms with Crippen LogP contribution in [-0.4, -0.2) is 6.71 Å². The van der Waals surface area contributed by atoms with Crippen LogP contribution in [0.2, 0.25) is 0 Å². The molecule has 3 heterocycles. The van der Waals surface area contributed by atoms with Gasteiger partial charge in [0.25, 0.3) is 6.71 Å². The maximum absolute atomic E-state index is 7.22. The molecule has 7 aromatic carbocycles. The Kier molecular flexibility index (Phi) is 8.59. The summed E-state index contributed by atoms with van der Waals surface area (Å²) in [4.78, 5) is 5.27. The zero-order valence-corrected chi connectivity index (χ0v) is 42.3. The molecule has 0 saturated carbocycles. The molecule has 0 radical (unpaired) electrons. The fraction of sp³-hybridized carbons (Fsp3) is 0.333. The van der Waals surface area contributed by atoms with Crippen LogP contribution in [0.1, 0.15) is 145 Å². The van der Waals surface area contributed by atoms with E-state index in [9.17, 15) is 0 Å². The van der Waals surface area contributed by atoms with Crippen molar-refractivity contribution in [1.29, 1.82) is 0 Å². The summed E-state index contributed by atoms with van der Waals surface area (Å²) in [6, 6.07) is 45.2. The van der Waals surface area contributed by atoms with Crippen LogP contribution in [0.25, 0.3) is 21.9 Å². The minimum Gasteiger partial charge on any atom is -0.454 e. The highest BCUT2D eigenvalue weighted by Gasteiger charge is 2.49. The summed E-state index contributed by atoms with van der Waals surface area (Å²) in [6.45, 7) is 33.4. The van der Waals surface area contributed by atoms with Gasteiger partial charge in [0.05, 0.1) is 5.69 Å². The van der Waals surface area contributed by atoms with E-state index in [1.54, 1.807) is 0 Å². The molecule has 0 amide bonds. The fourth-order valence-electron chi connectivity index (χ4n) is 13.1. The first-order chi connectivity index (χ1) is 31.6. The van der Waals surface area contributed by atoms with E-state index >= 15 is 0 Å². The van der Waals surface area contributed by atoms with Crippen molar-refractivity contribution in [3.63, 3.8) is 0 Å². The van der Waals surface area contributed by atoms with Crippen molar-refractivity contribution in [3.05, 3.63) is 171 Å². The van der Waals surface area contributed by atoms with Crippen LogP contribution < -0.4 is 26.2 Å². The molecular formula is C63H65BN2O. The summed E-state index contributed by atoms with van der Waals surface area (Å²) in [5, 5.41) is 2.33. The summed E-state index contributed by atoms with van der Waals surface area (Å²) < 4.78 is 7.22. The van der Waals surface area contributed by atoms with Gasteiger partial charge in [-0.15, -0.1) is 0 Å². The molecule has 1 aromatic heterocycles. The molecule has 4 aliphatic rings. The molecule has 4 heteroatoms. The summed E-state index contributed by atoms with van der Waals surface area (Å²) in [5.74, 6) is 0. The van der Waals surface area contributed by atoms with Gasteiger partial charge in [-0.25, -0.2) is 0 Å². The van der Waals surface area contributed by atoms with E-state index < -0.39 is 0 Å². The molecule has 2 aliphatic carbocycles. The molecule has 0 fully saturated rings. The predicted octanol–water partition coefficient (Wildman–Crippen LogP) is 15.2. The van der Waals surface area contributed by atoms with Gasteiger partial charge in [-0.05, 0) is 164 Å². The summed E-state index contributed by atoms with van der Waals surface area (Å²) in [5.41, 5.74) is 26.7. The smallest absolute Gasteiger partial charge is 0.252 e. The molecule has 336 valence electrons. The number of hydrogen-bond donors (Lipinski definition) is 0. The van der Waals surface area contributed by atoms with Crippen molar-refractivity contribution >= 4 is 79.2 Å². The van der Waals surface area contributed by atoms with E-state index in [-0.39, 0.29) is 33.8 Å². The van der Waals surface area contributed by atoms with Crippen molar-refractivity contribution < 1.29 is 4.42 Å². The Morgan fingerprint density at radius 1 is 0.493 bits per heavy atom. The zero-order valence-electron chi connectivity index (χ0n) is 42.3. The van der Waals surface area contributed by atoms with E-state index in [0.29, 0.717) is 0 Å². The lowest BCUT2D eigenvalue weighted by atomic mass is 9.33. The minimum atomic E-state index is -0.215. The highest BCUT2D eigenvalue weighted by molar-refractivity contribution is 7.00. The number of para-hydroxylation sites is 1. The van der Waals surface area contributed by atoms with E-state index in [2.05, 4.69) is 222 Å². The summed E-state index contributed by atoms with van der Waals surface area (Å²) >= 11 is 0. The molecule has 0 atom stereocenters. The molecule has 12 rings (SSSR count). The summed E-state index contributed by atoms with van der Waals surface area (Å²) in [6.07, 6.45) is 2.36. The topological polar surface area (TPSA) is 19.6 Å². The van der Waals surface area contributed by atoms with Crippen molar-refractivity contribution in [1.82, 2.24) is 0 Å². The third-order valence-corrected chi connectivity index (χ3v) is 17.2. The number of furan rings is 1. The van der Waals surface area contributed by atoms with Gasteiger partial charge in [-0.1, -0.05) is 149 Å². The normalized spacial score (nSPS) is 18.0. The van der Waals surface area contributed by atoms with Crippen LogP contribution in [-0.2, 0) is 27.1 Å². The van der Waals surface area contributed by atoms with Gasteiger partial charge < -0.3 is 14.2 Å². The Labute approximate surface area is 399 Å². The molecule has 0 unspecified atom stereocenters. The van der Waals surface area contributed by atoms with Crippen LogP contribution in [0.3, 0.4) is 0 Å². The van der Waals surface area contributed by atoms with Crippen LogP contribution >= 0.6 is 0 Å². The number of aryl methyl sites for hydroxylation is 3. The number of anilines is 6. The highest BCUT2D eigenvalue weighted by atomic mass is 16.3. The van der Waals surface area contributed by atoms with Crippen LogP contribution in [0.5, 0.6) is 0 Å². The number of fused-ring (bicyclic) bond motifs is 11.